The Hall–Kier alpha value is -0.910. The van der Waals surface area contributed by atoms with Crippen molar-refractivity contribution in [1.29, 1.82) is 0 Å². The molecule has 104 valence electrons. The van der Waals surface area contributed by atoms with Crippen molar-refractivity contribution in [2.45, 2.75) is 31.4 Å². The molecule has 3 atom stereocenters. The third-order valence-electron chi connectivity index (χ3n) is 4.12. The highest BCUT2D eigenvalue weighted by molar-refractivity contribution is 7.07. The van der Waals surface area contributed by atoms with Crippen molar-refractivity contribution < 1.29 is 9.53 Å². The number of carbonyl (C=O) groups is 1. The van der Waals surface area contributed by atoms with E-state index in [9.17, 15) is 4.79 Å². The van der Waals surface area contributed by atoms with E-state index in [1.54, 1.807) is 11.3 Å². The minimum Gasteiger partial charge on any atom is -0.370 e. The second kappa shape index (κ2) is 5.61. The summed E-state index contributed by atoms with van der Waals surface area (Å²) in [6.45, 7) is 2.03. The lowest BCUT2D eigenvalue weighted by atomic mass is 10.0. The van der Waals surface area contributed by atoms with Gasteiger partial charge in [-0.2, -0.15) is 11.3 Å². The van der Waals surface area contributed by atoms with E-state index in [0.29, 0.717) is 19.7 Å². The molecule has 1 amide bonds. The van der Waals surface area contributed by atoms with Gasteiger partial charge in [0.1, 0.15) is 6.10 Å². The average Bonchev–Trinajstić information content (AvgIpc) is 3.09. The van der Waals surface area contributed by atoms with Gasteiger partial charge in [0.2, 0.25) is 5.91 Å². The molecule has 3 unspecified atom stereocenters. The standard InChI is InChI=1S/C14H20N2O2S/c15-12-2-1-10(7-12)14(17)16-4-5-18-13(8-16)11-3-6-19-9-11/h3,6,9-10,12-13H,1-2,4-5,7-8,15H2. The highest BCUT2D eigenvalue weighted by Gasteiger charge is 2.33. The molecule has 2 heterocycles. The van der Waals surface area contributed by atoms with E-state index in [0.717, 1.165) is 19.3 Å². The van der Waals surface area contributed by atoms with Gasteiger partial charge >= 0.3 is 0 Å². The molecule has 19 heavy (non-hydrogen) atoms. The van der Waals surface area contributed by atoms with Crippen LogP contribution >= 0.6 is 11.3 Å². The number of rotatable bonds is 2. The molecule has 1 aromatic heterocycles. The van der Waals surface area contributed by atoms with Gasteiger partial charge < -0.3 is 15.4 Å². The number of ether oxygens (including phenoxy) is 1. The highest BCUT2D eigenvalue weighted by Crippen LogP contribution is 2.29. The summed E-state index contributed by atoms with van der Waals surface area (Å²) < 4.78 is 5.77. The Labute approximate surface area is 117 Å². The number of carbonyl (C=O) groups excluding carboxylic acids is 1. The first-order valence-electron chi connectivity index (χ1n) is 6.92. The van der Waals surface area contributed by atoms with Crippen LogP contribution in [0.1, 0.15) is 30.9 Å². The predicted octanol–water partition coefficient (Wildman–Crippen LogP) is 1.78. The summed E-state index contributed by atoms with van der Waals surface area (Å²) in [4.78, 5) is 14.4. The molecule has 1 aliphatic heterocycles. The third-order valence-corrected chi connectivity index (χ3v) is 4.82. The highest BCUT2D eigenvalue weighted by atomic mass is 32.1. The molecule has 2 fully saturated rings. The maximum atomic E-state index is 12.5. The van der Waals surface area contributed by atoms with Gasteiger partial charge in [-0.3, -0.25) is 4.79 Å². The van der Waals surface area contributed by atoms with Crippen LogP contribution < -0.4 is 5.73 Å². The Morgan fingerprint density at radius 1 is 1.47 bits per heavy atom. The van der Waals surface area contributed by atoms with Crippen molar-refractivity contribution in [2.75, 3.05) is 19.7 Å². The van der Waals surface area contributed by atoms with Crippen LogP contribution in [0.5, 0.6) is 0 Å². The first-order chi connectivity index (χ1) is 9.24. The molecule has 1 saturated carbocycles. The molecule has 3 rings (SSSR count). The van der Waals surface area contributed by atoms with Crippen LogP contribution in [0.4, 0.5) is 0 Å². The maximum absolute atomic E-state index is 12.5. The number of nitrogens with zero attached hydrogens (tertiary/aromatic N) is 1. The molecule has 0 aromatic carbocycles. The van der Waals surface area contributed by atoms with E-state index in [1.807, 2.05) is 4.90 Å². The minimum atomic E-state index is 0.0408. The summed E-state index contributed by atoms with van der Waals surface area (Å²) in [5.74, 6) is 0.410. The third kappa shape index (κ3) is 2.83. The Balaban J connectivity index is 1.63. The van der Waals surface area contributed by atoms with Gasteiger partial charge in [0.25, 0.3) is 0 Å². The molecule has 5 heteroatoms. The van der Waals surface area contributed by atoms with Crippen molar-refractivity contribution in [2.24, 2.45) is 11.7 Å². The zero-order valence-corrected chi connectivity index (χ0v) is 11.8. The molecular weight excluding hydrogens is 260 g/mol. The van der Waals surface area contributed by atoms with E-state index in [2.05, 4.69) is 16.8 Å². The van der Waals surface area contributed by atoms with Gasteiger partial charge in [-0.1, -0.05) is 0 Å². The molecule has 2 aliphatic rings. The van der Waals surface area contributed by atoms with Crippen LogP contribution in [0.2, 0.25) is 0 Å². The van der Waals surface area contributed by atoms with Crippen molar-refractivity contribution in [3.05, 3.63) is 22.4 Å². The number of thiophene rings is 1. The lowest BCUT2D eigenvalue weighted by molar-refractivity contribution is -0.143. The first-order valence-corrected chi connectivity index (χ1v) is 7.86. The van der Waals surface area contributed by atoms with Gasteiger partial charge in [-0.15, -0.1) is 0 Å². The normalized spacial score (nSPS) is 31.6. The fourth-order valence-electron chi connectivity index (χ4n) is 3.01. The molecule has 1 aromatic rings. The topological polar surface area (TPSA) is 55.6 Å². The van der Waals surface area contributed by atoms with Crippen LogP contribution in [0.25, 0.3) is 0 Å². The molecule has 0 spiro atoms. The monoisotopic (exact) mass is 280 g/mol. The fraction of sp³-hybridized carbons (Fsp3) is 0.643. The summed E-state index contributed by atoms with van der Waals surface area (Å²) in [5.41, 5.74) is 7.09. The van der Waals surface area contributed by atoms with Gasteiger partial charge in [-0.25, -0.2) is 0 Å². The summed E-state index contributed by atoms with van der Waals surface area (Å²) in [5, 5.41) is 4.15. The zero-order valence-electron chi connectivity index (χ0n) is 11.0. The van der Waals surface area contributed by atoms with Crippen LogP contribution in [0.3, 0.4) is 0 Å². The molecule has 2 N–H and O–H groups in total. The Kier molecular flexibility index (Phi) is 3.86. The number of nitrogens with two attached hydrogens (primary N) is 1. The van der Waals surface area contributed by atoms with E-state index in [1.165, 1.54) is 5.56 Å². The molecule has 4 nitrogen and oxygen atoms in total. The van der Waals surface area contributed by atoms with Crippen LogP contribution in [0, 0.1) is 5.92 Å². The van der Waals surface area contributed by atoms with Crippen molar-refractivity contribution >= 4 is 17.2 Å². The minimum absolute atomic E-state index is 0.0408. The molecular formula is C14H20N2O2S. The van der Waals surface area contributed by atoms with E-state index in [-0.39, 0.29) is 24.0 Å². The number of amides is 1. The van der Waals surface area contributed by atoms with E-state index >= 15 is 0 Å². The second-order valence-electron chi connectivity index (χ2n) is 5.47. The average molecular weight is 280 g/mol. The SMILES string of the molecule is NC1CCC(C(=O)N2CCOC(c3ccsc3)C2)C1. The van der Waals surface area contributed by atoms with Crippen molar-refractivity contribution in [1.82, 2.24) is 4.90 Å². The van der Waals surface area contributed by atoms with Gasteiger partial charge in [0.05, 0.1) is 13.2 Å². The van der Waals surface area contributed by atoms with Crippen molar-refractivity contribution in [3.8, 4) is 0 Å². The Bertz CT molecular complexity index is 435. The van der Waals surface area contributed by atoms with Crippen LogP contribution in [-0.2, 0) is 9.53 Å². The number of morpholine rings is 1. The van der Waals surface area contributed by atoms with Gasteiger partial charge in [-0.05, 0) is 41.7 Å². The molecule has 1 saturated heterocycles. The molecule has 0 bridgehead atoms. The van der Waals surface area contributed by atoms with Gasteiger partial charge in [0, 0.05) is 18.5 Å². The Morgan fingerprint density at radius 2 is 2.37 bits per heavy atom. The Morgan fingerprint density at radius 3 is 3.05 bits per heavy atom. The molecule has 1 aliphatic carbocycles. The maximum Gasteiger partial charge on any atom is 0.225 e. The fourth-order valence-corrected chi connectivity index (χ4v) is 3.71. The van der Waals surface area contributed by atoms with E-state index < -0.39 is 0 Å². The smallest absolute Gasteiger partial charge is 0.225 e. The van der Waals surface area contributed by atoms with Crippen LogP contribution in [-0.4, -0.2) is 36.5 Å². The van der Waals surface area contributed by atoms with E-state index in [4.69, 9.17) is 10.5 Å². The summed E-state index contributed by atoms with van der Waals surface area (Å²) in [6.07, 6.45) is 2.81. The van der Waals surface area contributed by atoms with Gasteiger partial charge in [0.15, 0.2) is 0 Å². The zero-order chi connectivity index (χ0) is 13.2. The predicted molar refractivity (Wildman–Crippen MR) is 74.9 cm³/mol. The lowest BCUT2D eigenvalue weighted by Crippen LogP contribution is -2.44. The second-order valence-corrected chi connectivity index (χ2v) is 6.25. The first kappa shape index (κ1) is 13.1. The largest absolute Gasteiger partial charge is 0.370 e. The summed E-state index contributed by atoms with van der Waals surface area (Å²) in [6, 6.07) is 2.29. The van der Waals surface area contributed by atoms with Crippen molar-refractivity contribution in [3.63, 3.8) is 0 Å². The number of hydrogen-bond acceptors (Lipinski definition) is 4. The summed E-state index contributed by atoms with van der Waals surface area (Å²) in [7, 11) is 0. The number of hydrogen-bond donors (Lipinski definition) is 1. The quantitative estimate of drug-likeness (QED) is 0.898. The lowest BCUT2D eigenvalue weighted by Gasteiger charge is -2.34. The molecule has 0 radical (unpaired) electrons. The van der Waals surface area contributed by atoms with Crippen LogP contribution in [0.15, 0.2) is 16.8 Å². The summed E-state index contributed by atoms with van der Waals surface area (Å²) >= 11 is 1.67.